The molecule has 0 aliphatic rings. The van der Waals surface area contributed by atoms with Gasteiger partial charge in [-0.25, -0.2) is 0 Å². The highest BCUT2D eigenvalue weighted by Gasteiger charge is 1.94. The molecule has 0 fully saturated rings. The Morgan fingerprint density at radius 2 is 2.60 bits per heavy atom. The summed E-state index contributed by atoms with van der Waals surface area (Å²) in [5.74, 6) is 0. The van der Waals surface area contributed by atoms with Gasteiger partial charge in [0.1, 0.15) is 10.5 Å². The summed E-state index contributed by atoms with van der Waals surface area (Å²) in [5.41, 5.74) is 1.74. The molecule has 1 aromatic heterocycles. The normalized spacial score (nSPS) is 10.1. The van der Waals surface area contributed by atoms with Crippen LogP contribution >= 0.6 is 11.3 Å². The first kappa shape index (κ1) is 7.63. The van der Waals surface area contributed by atoms with Crippen molar-refractivity contribution in [3.8, 4) is 0 Å². The van der Waals surface area contributed by atoms with Gasteiger partial charge in [0.2, 0.25) is 0 Å². The van der Waals surface area contributed by atoms with E-state index in [0.717, 1.165) is 24.6 Å². The van der Waals surface area contributed by atoms with Gasteiger partial charge in [-0.15, -0.1) is 21.5 Å². The van der Waals surface area contributed by atoms with Crippen LogP contribution in [0.2, 0.25) is 0 Å². The highest BCUT2D eigenvalue weighted by atomic mass is 32.1. The summed E-state index contributed by atoms with van der Waals surface area (Å²) in [6.45, 7) is 3.52. The molecule has 10 heavy (non-hydrogen) atoms. The maximum absolute atomic E-state index is 5.15. The van der Waals surface area contributed by atoms with Crippen molar-refractivity contribution < 1.29 is 4.74 Å². The van der Waals surface area contributed by atoms with Gasteiger partial charge < -0.3 is 4.74 Å². The van der Waals surface area contributed by atoms with Gasteiger partial charge in [0.15, 0.2) is 0 Å². The highest BCUT2D eigenvalue weighted by Crippen LogP contribution is 2.01. The molecule has 0 N–H and O–H groups in total. The molecule has 56 valence electrons. The third kappa shape index (κ3) is 2.41. The van der Waals surface area contributed by atoms with Crippen molar-refractivity contribution in [2.75, 3.05) is 13.2 Å². The minimum atomic E-state index is 0.756. The summed E-state index contributed by atoms with van der Waals surface area (Å²) in [5, 5.41) is 8.64. The molecule has 3 nitrogen and oxygen atoms in total. The topological polar surface area (TPSA) is 35.0 Å². The van der Waals surface area contributed by atoms with Crippen LogP contribution in [0, 0.1) is 0 Å². The Labute approximate surface area is 64.1 Å². The molecule has 0 unspecified atom stereocenters. The van der Waals surface area contributed by atoms with E-state index < -0.39 is 0 Å². The molecule has 0 aliphatic carbocycles. The molecule has 0 spiro atoms. The van der Waals surface area contributed by atoms with Crippen molar-refractivity contribution in [2.45, 2.75) is 13.3 Å². The second-order valence-electron chi connectivity index (χ2n) is 1.78. The van der Waals surface area contributed by atoms with Crippen LogP contribution in [0.3, 0.4) is 0 Å². The first-order valence-electron chi connectivity index (χ1n) is 3.26. The van der Waals surface area contributed by atoms with Crippen LogP contribution in [0.25, 0.3) is 0 Å². The molecule has 0 bridgehead atoms. The molecule has 0 saturated carbocycles. The number of hydrogen-bond acceptors (Lipinski definition) is 4. The van der Waals surface area contributed by atoms with Gasteiger partial charge >= 0.3 is 0 Å². The largest absolute Gasteiger partial charge is 0.381 e. The van der Waals surface area contributed by atoms with E-state index in [1.807, 2.05) is 6.92 Å². The number of aromatic nitrogens is 2. The molecule has 1 heterocycles. The van der Waals surface area contributed by atoms with Crippen molar-refractivity contribution in [3.05, 3.63) is 10.5 Å². The molecular weight excluding hydrogens is 148 g/mol. The number of rotatable bonds is 4. The van der Waals surface area contributed by atoms with Crippen LogP contribution in [0.1, 0.15) is 11.9 Å². The molecule has 0 aliphatic heterocycles. The van der Waals surface area contributed by atoms with Crippen LogP contribution in [-0.4, -0.2) is 23.4 Å². The maximum atomic E-state index is 5.15. The van der Waals surface area contributed by atoms with E-state index in [-0.39, 0.29) is 0 Å². The van der Waals surface area contributed by atoms with E-state index >= 15 is 0 Å². The Balaban J connectivity index is 2.15. The minimum absolute atomic E-state index is 0.756. The standard InChI is InChI=1S/C6H10N2OS/c1-2-9-4-3-6-8-7-5-10-6/h5H,2-4H2,1H3. The molecule has 4 heteroatoms. The van der Waals surface area contributed by atoms with Crippen LogP contribution in [-0.2, 0) is 11.2 Å². The second kappa shape index (κ2) is 4.35. The number of nitrogens with zero attached hydrogens (tertiary/aromatic N) is 2. The van der Waals surface area contributed by atoms with E-state index in [1.54, 1.807) is 16.8 Å². The zero-order chi connectivity index (χ0) is 7.23. The first-order valence-corrected chi connectivity index (χ1v) is 4.14. The smallest absolute Gasteiger partial charge is 0.119 e. The fourth-order valence-electron chi connectivity index (χ4n) is 0.609. The predicted molar refractivity (Wildman–Crippen MR) is 40.1 cm³/mol. The Morgan fingerprint density at radius 1 is 1.70 bits per heavy atom. The quantitative estimate of drug-likeness (QED) is 0.616. The summed E-state index contributed by atoms with van der Waals surface area (Å²) < 4.78 is 5.15. The van der Waals surface area contributed by atoms with Gasteiger partial charge in [0.25, 0.3) is 0 Å². The summed E-state index contributed by atoms with van der Waals surface area (Å²) >= 11 is 1.57. The highest BCUT2D eigenvalue weighted by molar-refractivity contribution is 7.09. The zero-order valence-corrected chi connectivity index (χ0v) is 6.73. The lowest BCUT2D eigenvalue weighted by molar-refractivity contribution is 0.150. The molecule has 0 atom stereocenters. The average Bonchev–Trinajstić information content (AvgIpc) is 2.41. The second-order valence-corrected chi connectivity index (χ2v) is 2.70. The lowest BCUT2D eigenvalue weighted by Crippen LogP contribution is -1.97. The molecular formula is C6H10N2OS. The SMILES string of the molecule is CCOCCc1nncs1. The summed E-state index contributed by atoms with van der Waals surface area (Å²) in [7, 11) is 0. The van der Waals surface area contributed by atoms with Gasteiger partial charge in [0, 0.05) is 13.0 Å². The third-order valence-electron chi connectivity index (χ3n) is 1.07. The van der Waals surface area contributed by atoms with E-state index in [0.29, 0.717) is 0 Å². The van der Waals surface area contributed by atoms with Crippen molar-refractivity contribution in [1.82, 2.24) is 10.2 Å². The summed E-state index contributed by atoms with van der Waals surface area (Å²) in [4.78, 5) is 0. The van der Waals surface area contributed by atoms with E-state index in [2.05, 4.69) is 10.2 Å². The van der Waals surface area contributed by atoms with Crippen LogP contribution in [0.15, 0.2) is 5.51 Å². The minimum Gasteiger partial charge on any atom is -0.381 e. The average molecular weight is 158 g/mol. The van der Waals surface area contributed by atoms with Gasteiger partial charge in [-0.3, -0.25) is 0 Å². The van der Waals surface area contributed by atoms with Gasteiger partial charge in [-0.05, 0) is 6.92 Å². The van der Waals surface area contributed by atoms with Crippen LogP contribution in [0.5, 0.6) is 0 Å². The van der Waals surface area contributed by atoms with Gasteiger partial charge in [-0.2, -0.15) is 0 Å². The van der Waals surface area contributed by atoms with E-state index in [9.17, 15) is 0 Å². The third-order valence-corrected chi connectivity index (χ3v) is 1.83. The van der Waals surface area contributed by atoms with E-state index in [1.165, 1.54) is 0 Å². The first-order chi connectivity index (χ1) is 4.93. The molecule has 0 amide bonds. The summed E-state index contributed by atoms with van der Waals surface area (Å²) in [6, 6.07) is 0. The maximum Gasteiger partial charge on any atom is 0.119 e. The van der Waals surface area contributed by atoms with Crippen molar-refractivity contribution in [3.63, 3.8) is 0 Å². The van der Waals surface area contributed by atoms with Gasteiger partial charge in [-0.1, -0.05) is 0 Å². The lowest BCUT2D eigenvalue weighted by atomic mass is 10.5. The zero-order valence-electron chi connectivity index (χ0n) is 5.91. The van der Waals surface area contributed by atoms with Gasteiger partial charge in [0.05, 0.1) is 6.61 Å². The number of ether oxygens (including phenoxy) is 1. The summed E-state index contributed by atoms with van der Waals surface area (Å²) in [6.07, 6.45) is 0.887. The van der Waals surface area contributed by atoms with Crippen LogP contribution < -0.4 is 0 Å². The lowest BCUT2D eigenvalue weighted by Gasteiger charge is -1.95. The van der Waals surface area contributed by atoms with Crippen molar-refractivity contribution >= 4 is 11.3 Å². The molecule has 0 saturated heterocycles. The van der Waals surface area contributed by atoms with Crippen LogP contribution in [0.4, 0.5) is 0 Å². The Hall–Kier alpha value is -0.480. The molecule has 1 aromatic rings. The van der Waals surface area contributed by atoms with Crippen molar-refractivity contribution in [1.29, 1.82) is 0 Å². The number of hydrogen-bond donors (Lipinski definition) is 0. The monoisotopic (exact) mass is 158 g/mol. The molecule has 0 aromatic carbocycles. The molecule has 1 rings (SSSR count). The Morgan fingerprint density at radius 3 is 3.20 bits per heavy atom. The Kier molecular flexibility index (Phi) is 3.32. The predicted octanol–water partition coefficient (Wildman–Crippen LogP) is 1.12. The molecule has 0 radical (unpaired) electrons. The fourth-order valence-corrected chi connectivity index (χ4v) is 1.12. The van der Waals surface area contributed by atoms with E-state index in [4.69, 9.17) is 4.74 Å². The van der Waals surface area contributed by atoms with Crippen molar-refractivity contribution in [2.24, 2.45) is 0 Å². The Bertz CT molecular complexity index is 164. The fraction of sp³-hybridized carbons (Fsp3) is 0.667.